The molecule has 12 heteroatoms. The molecule has 196 valence electrons. The van der Waals surface area contributed by atoms with Crippen molar-refractivity contribution in [1.29, 1.82) is 0 Å². The van der Waals surface area contributed by atoms with E-state index in [2.05, 4.69) is 38.5 Å². The number of anilines is 1. The lowest BCUT2D eigenvalue weighted by Crippen LogP contribution is -2.35. The number of aromatic nitrogens is 6. The van der Waals surface area contributed by atoms with Gasteiger partial charge in [0.15, 0.2) is 11.5 Å². The number of fused-ring (bicyclic) bond motifs is 2. The lowest BCUT2D eigenvalue weighted by molar-refractivity contribution is -0.127. The number of hydrogen-bond donors (Lipinski definition) is 1. The highest BCUT2D eigenvalue weighted by Crippen LogP contribution is 2.33. The van der Waals surface area contributed by atoms with Gasteiger partial charge in [-0.05, 0) is 31.8 Å². The summed E-state index contributed by atoms with van der Waals surface area (Å²) in [6.45, 7) is 6.17. The number of nitrogens with zero attached hydrogens (tertiary/aromatic N) is 7. The summed E-state index contributed by atoms with van der Waals surface area (Å²) >= 11 is 0. The van der Waals surface area contributed by atoms with Crippen molar-refractivity contribution in [1.82, 2.24) is 34.2 Å². The third kappa shape index (κ3) is 4.14. The van der Waals surface area contributed by atoms with Crippen molar-refractivity contribution in [3.63, 3.8) is 0 Å². The number of rotatable bonds is 5. The molecule has 2 atom stereocenters. The molecule has 38 heavy (non-hydrogen) atoms. The van der Waals surface area contributed by atoms with Crippen LogP contribution in [0, 0.1) is 30.4 Å². The molecule has 0 aliphatic carbocycles. The highest BCUT2D eigenvalue weighted by atomic mass is 19.1. The van der Waals surface area contributed by atoms with Crippen LogP contribution in [-0.2, 0) is 16.6 Å². The second kappa shape index (κ2) is 9.83. The summed E-state index contributed by atoms with van der Waals surface area (Å²) in [5, 5.41) is 5.00. The molecule has 4 aromatic rings. The van der Waals surface area contributed by atoms with E-state index in [-0.39, 0.29) is 40.5 Å². The number of likely N-dealkylation sites (tertiary alicyclic amines) is 1. The minimum absolute atomic E-state index is 0.0873. The Balaban J connectivity index is 1.59. The van der Waals surface area contributed by atoms with Gasteiger partial charge < -0.3 is 19.9 Å². The third-order valence-electron chi connectivity index (χ3n) is 6.95. The summed E-state index contributed by atoms with van der Waals surface area (Å²) in [7, 11) is 3.26. The van der Waals surface area contributed by atoms with E-state index >= 15 is 4.39 Å². The van der Waals surface area contributed by atoms with Crippen molar-refractivity contribution in [3.8, 4) is 11.8 Å². The molecule has 1 saturated heterocycles. The number of carbonyl (C=O) groups excluding carboxylic acids is 1. The van der Waals surface area contributed by atoms with Crippen LogP contribution < -0.4 is 5.73 Å². The number of amides is 1. The lowest BCUT2D eigenvalue weighted by Gasteiger charge is -2.22. The van der Waals surface area contributed by atoms with Crippen molar-refractivity contribution >= 4 is 33.8 Å². The van der Waals surface area contributed by atoms with Crippen LogP contribution in [0.1, 0.15) is 36.0 Å². The maximum atomic E-state index is 15.3. The quantitative estimate of drug-likeness (QED) is 0.318. The first kappa shape index (κ1) is 25.3. The Hall–Kier alpha value is -4.37. The zero-order valence-electron chi connectivity index (χ0n) is 21.2. The molecule has 1 aliphatic heterocycles. The van der Waals surface area contributed by atoms with E-state index < -0.39 is 17.2 Å². The zero-order valence-corrected chi connectivity index (χ0v) is 21.2. The maximum absolute atomic E-state index is 15.3. The Kier molecular flexibility index (Phi) is 6.54. The van der Waals surface area contributed by atoms with E-state index in [4.69, 9.17) is 10.5 Å². The van der Waals surface area contributed by atoms with Gasteiger partial charge in [-0.3, -0.25) is 4.79 Å². The largest absolute Gasteiger partial charge is 0.385 e. The molecule has 0 radical (unpaired) electrons. The summed E-state index contributed by atoms with van der Waals surface area (Å²) in [6, 6.07) is 0.832. The van der Waals surface area contributed by atoms with E-state index in [9.17, 15) is 9.18 Å². The minimum Gasteiger partial charge on any atom is -0.385 e. The fourth-order valence-electron chi connectivity index (χ4n) is 4.97. The predicted molar refractivity (Wildman–Crippen MR) is 137 cm³/mol. The van der Waals surface area contributed by atoms with Crippen LogP contribution in [0.25, 0.3) is 22.1 Å². The number of aryl methyl sites for hydroxylation is 2. The Morgan fingerprint density at radius 1 is 1.34 bits per heavy atom. The molecule has 1 aliphatic rings. The molecule has 0 spiro atoms. The molecule has 1 amide bonds. The van der Waals surface area contributed by atoms with Gasteiger partial charge in [-0.25, -0.2) is 28.4 Å². The summed E-state index contributed by atoms with van der Waals surface area (Å²) in [4.78, 5) is 26.9. The average Bonchev–Trinajstić information content (AvgIpc) is 3.56. The maximum Gasteiger partial charge on any atom is 0.246 e. The number of nitrogens with two attached hydrogens (primary N) is 1. The van der Waals surface area contributed by atoms with E-state index in [0.29, 0.717) is 42.9 Å². The van der Waals surface area contributed by atoms with Crippen LogP contribution in [0.15, 0.2) is 25.0 Å². The molecule has 10 nitrogen and oxygen atoms in total. The van der Waals surface area contributed by atoms with Crippen molar-refractivity contribution in [2.45, 2.75) is 31.8 Å². The molecule has 2 N–H and O–H groups in total. The van der Waals surface area contributed by atoms with Crippen LogP contribution in [0.5, 0.6) is 0 Å². The van der Waals surface area contributed by atoms with Crippen LogP contribution in [0.3, 0.4) is 0 Å². The predicted octanol–water partition coefficient (Wildman–Crippen LogP) is 2.65. The van der Waals surface area contributed by atoms with Crippen LogP contribution in [0.4, 0.5) is 14.6 Å². The van der Waals surface area contributed by atoms with E-state index in [1.54, 1.807) is 35.2 Å². The number of hydrogen-bond acceptors (Lipinski definition) is 7. The summed E-state index contributed by atoms with van der Waals surface area (Å²) in [6.07, 6.45) is 3.83. The minimum atomic E-state index is -0.830. The fourth-order valence-corrected chi connectivity index (χ4v) is 4.97. The van der Waals surface area contributed by atoms with E-state index in [1.807, 2.05) is 0 Å². The normalized spacial score (nSPS) is 17.2. The first-order valence-electron chi connectivity index (χ1n) is 12.0. The number of ether oxygens (including phenoxy) is 1. The average molecular weight is 521 g/mol. The first-order valence-corrected chi connectivity index (χ1v) is 12.0. The smallest absolute Gasteiger partial charge is 0.246 e. The standard InChI is InChI=1S/C26H26F2N8O2/c1-5-21(37)35-12-16(10-15(35)8-9-38-4)36-26-22(25(29)30-13-31-26)19(33-36)7-6-17-18(27)11-20-24(23(17)28)34(3)14(2)32-20/h5,11,13,15-16H,1,8-10,12H2,2-4H3,(H2,29,30,31)/t15-,16?/m0/s1. The number of benzene rings is 1. The number of carbonyl (C=O) groups is 1. The van der Waals surface area contributed by atoms with Gasteiger partial charge in [0.05, 0.1) is 22.5 Å². The van der Waals surface area contributed by atoms with Crippen molar-refractivity contribution in [2.75, 3.05) is 26.0 Å². The molecular weight excluding hydrogens is 494 g/mol. The van der Waals surface area contributed by atoms with Gasteiger partial charge in [-0.15, -0.1) is 0 Å². The Labute approximate surface area is 217 Å². The topological polar surface area (TPSA) is 117 Å². The van der Waals surface area contributed by atoms with Crippen LogP contribution in [-0.4, -0.2) is 66.4 Å². The number of methoxy groups -OCH3 is 1. The zero-order chi connectivity index (χ0) is 27.1. The molecular formula is C26H26F2N8O2. The lowest BCUT2D eigenvalue weighted by atomic mass is 10.1. The van der Waals surface area contributed by atoms with Gasteiger partial charge in [0, 0.05) is 39.4 Å². The number of halogens is 2. The highest BCUT2D eigenvalue weighted by Gasteiger charge is 2.36. The second-order valence-electron chi connectivity index (χ2n) is 9.15. The van der Waals surface area contributed by atoms with Gasteiger partial charge >= 0.3 is 0 Å². The van der Waals surface area contributed by atoms with Crippen LogP contribution in [0.2, 0.25) is 0 Å². The monoisotopic (exact) mass is 520 g/mol. The Morgan fingerprint density at radius 2 is 2.13 bits per heavy atom. The molecule has 1 unspecified atom stereocenters. The van der Waals surface area contributed by atoms with Gasteiger partial charge in [0.2, 0.25) is 5.91 Å². The SMILES string of the molecule is C=CC(=O)N1CC(n2nc(C#Cc3c(F)cc4nc(C)n(C)c4c3F)c3c(N)ncnc32)C[C@@H]1CCOC. The molecule has 1 fully saturated rings. The Bertz CT molecular complexity index is 1650. The molecule has 0 saturated carbocycles. The summed E-state index contributed by atoms with van der Waals surface area (Å²) in [5.74, 6) is 4.24. The molecule has 4 heterocycles. The number of nitrogen functional groups attached to an aromatic ring is 1. The summed E-state index contributed by atoms with van der Waals surface area (Å²) < 4.78 is 38.6. The van der Waals surface area contributed by atoms with Gasteiger partial charge in [-0.2, -0.15) is 5.10 Å². The number of imidazole rings is 1. The van der Waals surface area contributed by atoms with Gasteiger partial charge in [-0.1, -0.05) is 12.5 Å². The van der Waals surface area contributed by atoms with Crippen LogP contribution >= 0.6 is 0 Å². The Morgan fingerprint density at radius 3 is 2.87 bits per heavy atom. The fraction of sp³-hybridized carbons (Fsp3) is 0.346. The van der Waals surface area contributed by atoms with Gasteiger partial charge in [0.1, 0.15) is 35.0 Å². The molecule has 5 rings (SSSR count). The molecule has 3 aromatic heterocycles. The second-order valence-corrected chi connectivity index (χ2v) is 9.15. The summed E-state index contributed by atoms with van der Waals surface area (Å²) in [5.41, 5.74) is 6.73. The van der Waals surface area contributed by atoms with E-state index in [1.165, 1.54) is 12.4 Å². The van der Waals surface area contributed by atoms with Crippen molar-refractivity contribution < 1.29 is 18.3 Å². The first-order chi connectivity index (χ1) is 18.2. The highest BCUT2D eigenvalue weighted by molar-refractivity contribution is 5.91. The van der Waals surface area contributed by atoms with E-state index in [0.717, 1.165) is 6.07 Å². The van der Waals surface area contributed by atoms with Crippen molar-refractivity contribution in [3.05, 3.63) is 53.8 Å². The van der Waals surface area contributed by atoms with Gasteiger partial charge in [0.25, 0.3) is 0 Å². The van der Waals surface area contributed by atoms with Crippen molar-refractivity contribution in [2.24, 2.45) is 7.05 Å². The molecule has 1 aromatic carbocycles. The third-order valence-corrected chi connectivity index (χ3v) is 6.95. The molecule has 0 bridgehead atoms.